The molecule has 1 radical (unpaired) electrons. The molecule has 0 heterocycles. The van der Waals surface area contributed by atoms with Crippen molar-refractivity contribution in [1.82, 2.24) is 0 Å². The Morgan fingerprint density at radius 3 is 1.80 bits per heavy atom. The third-order valence-corrected chi connectivity index (χ3v) is 0.354. The van der Waals surface area contributed by atoms with Gasteiger partial charge in [-0.1, -0.05) is 26.7 Å². The summed E-state index contributed by atoms with van der Waals surface area (Å²) < 4.78 is 0. The van der Waals surface area contributed by atoms with E-state index in [1.807, 2.05) is 0 Å². The van der Waals surface area contributed by atoms with Crippen molar-refractivity contribution < 1.29 is 0 Å². The van der Waals surface area contributed by atoms with Crippen LogP contribution in [-0.4, -0.2) is 19.8 Å². The predicted molar refractivity (Wildman–Crippen MR) is 30.2 cm³/mol. The third kappa shape index (κ3) is 12.0. The second-order valence-electron chi connectivity index (χ2n) is 0.854. The molecule has 31 valence electrons. The molecule has 0 bridgehead atoms. The molecule has 0 unspecified atom stereocenters. The van der Waals surface area contributed by atoms with E-state index in [2.05, 4.69) is 13.8 Å². The van der Waals surface area contributed by atoms with Crippen molar-refractivity contribution in [2.24, 2.45) is 0 Å². The van der Waals surface area contributed by atoms with E-state index in [1.54, 1.807) is 0 Å². The standard InChI is InChI=1S/C4H9.Ga.3H/c1-3-4-2;;;;/h1,3-4H2,2H3;;;;. The summed E-state index contributed by atoms with van der Waals surface area (Å²) in [6, 6.07) is 0. The minimum absolute atomic E-state index is 0. The molecule has 0 N–H and O–H groups in total. The molecule has 0 rings (SSSR count). The van der Waals surface area contributed by atoms with Crippen molar-refractivity contribution in [3.05, 3.63) is 6.92 Å². The monoisotopic (exact) mass is 129 g/mol. The summed E-state index contributed by atoms with van der Waals surface area (Å²) in [4.78, 5) is 0. The van der Waals surface area contributed by atoms with Crippen LogP contribution in [0.2, 0.25) is 0 Å². The first-order valence-corrected chi connectivity index (χ1v) is 1.71. The van der Waals surface area contributed by atoms with Gasteiger partial charge in [0.25, 0.3) is 0 Å². The average Bonchev–Trinajstić information content (AvgIpc) is 1.37. The van der Waals surface area contributed by atoms with E-state index in [0.717, 1.165) is 6.42 Å². The molecule has 0 saturated carbocycles. The molecule has 0 saturated heterocycles. The summed E-state index contributed by atoms with van der Waals surface area (Å²) in [5.41, 5.74) is 0. The molecule has 0 nitrogen and oxygen atoms in total. The number of hydrogen-bond donors (Lipinski definition) is 0. The predicted octanol–water partition coefficient (Wildman–Crippen LogP) is 0.437. The topological polar surface area (TPSA) is 0 Å². The molecule has 0 aliphatic rings. The van der Waals surface area contributed by atoms with E-state index >= 15 is 0 Å². The molecule has 1 heteroatoms. The Balaban J connectivity index is 0. The summed E-state index contributed by atoms with van der Waals surface area (Å²) in [7, 11) is 0. The van der Waals surface area contributed by atoms with Crippen LogP contribution >= 0.6 is 0 Å². The molecule has 5 heavy (non-hydrogen) atoms. The zero-order valence-electron chi connectivity index (χ0n) is 3.12. The SMILES string of the molecule is [CH2]CCC.[GaH3]. The molecule has 0 atom stereocenters. The van der Waals surface area contributed by atoms with Crippen LogP contribution < -0.4 is 0 Å². The quantitative estimate of drug-likeness (QED) is 0.451. The first-order valence-electron chi connectivity index (χ1n) is 1.71. The summed E-state index contributed by atoms with van der Waals surface area (Å²) in [6.07, 6.45) is 2.28. The second-order valence-corrected chi connectivity index (χ2v) is 0.854. The Morgan fingerprint density at radius 2 is 1.80 bits per heavy atom. The second kappa shape index (κ2) is 8.82. The van der Waals surface area contributed by atoms with Crippen molar-refractivity contribution in [2.75, 3.05) is 0 Å². The third-order valence-electron chi connectivity index (χ3n) is 0.354. The van der Waals surface area contributed by atoms with Gasteiger partial charge < -0.3 is 0 Å². The summed E-state index contributed by atoms with van der Waals surface area (Å²) in [5, 5.41) is 0. The first-order chi connectivity index (χ1) is 1.91. The molecule has 0 aliphatic carbocycles. The van der Waals surface area contributed by atoms with E-state index in [0.29, 0.717) is 0 Å². The maximum atomic E-state index is 3.60. The molecule has 0 amide bonds. The van der Waals surface area contributed by atoms with Gasteiger partial charge in [0, 0.05) is 0 Å². The van der Waals surface area contributed by atoms with Crippen molar-refractivity contribution >= 4 is 19.8 Å². The van der Waals surface area contributed by atoms with Crippen molar-refractivity contribution in [2.45, 2.75) is 19.8 Å². The molecule has 0 aliphatic heterocycles. The molecule has 0 aromatic rings. The van der Waals surface area contributed by atoms with Gasteiger partial charge in [-0.25, -0.2) is 0 Å². The van der Waals surface area contributed by atoms with Crippen LogP contribution in [0.3, 0.4) is 0 Å². The maximum absolute atomic E-state index is 3.60. The van der Waals surface area contributed by atoms with Crippen LogP contribution in [0.1, 0.15) is 19.8 Å². The summed E-state index contributed by atoms with van der Waals surface area (Å²) >= 11 is 0. The van der Waals surface area contributed by atoms with Gasteiger partial charge >= 0.3 is 19.8 Å². The van der Waals surface area contributed by atoms with Crippen LogP contribution in [-0.2, 0) is 0 Å². The summed E-state index contributed by atoms with van der Waals surface area (Å²) in [6.45, 7) is 5.72. The molecule has 0 spiro atoms. The molecular formula is C4H12Ga. The van der Waals surface area contributed by atoms with Crippen molar-refractivity contribution in [3.63, 3.8) is 0 Å². The van der Waals surface area contributed by atoms with Gasteiger partial charge in [-0.2, -0.15) is 0 Å². The number of rotatable bonds is 1. The Morgan fingerprint density at radius 1 is 1.60 bits per heavy atom. The summed E-state index contributed by atoms with van der Waals surface area (Å²) in [5.74, 6) is 0. The number of hydrogen-bond acceptors (Lipinski definition) is 0. The van der Waals surface area contributed by atoms with Gasteiger partial charge in [-0.05, 0) is 0 Å². The van der Waals surface area contributed by atoms with Gasteiger partial charge in [0.1, 0.15) is 0 Å². The zero-order chi connectivity index (χ0) is 3.41. The molecule has 0 fully saturated rings. The fraction of sp³-hybridized carbons (Fsp3) is 0.750. The average molecular weight is 130 g/mol. The Kier molecular flexibility index (Phi) is 16.2. The Labute approximate surface area is 47.0 Å². The van der Waals surface area contributed by atoms with Crippen LogP contribution in [0, 0.1) is 6.92 Å². The molecule has 0 aromatic carbocycles. The van der Waals surface area contributed by atoms with Crippen LogP contribution in [0.25, 0.3) is 0 Å². The molecular weight excluding hydrogens is 118 g/mol. The normalized spacial score (nSPS) is 6.00. The van der Waals surface area contributed by atoms with E-state index in [4.69, 9.17) is 0 Å². The van der Waals surface area contributed by atoms with E-state index in [9.17, 15) is 0 Å². The van der Waals surface area contributed by atoms with Crippen molar-refractivity contribution in [3.8, 4) is 0 Å². The Bertz CT molecular complexity index is 5.61. The van der Waals surface area contributed by atoms with E-state index in [-0.39, 0.29) is 19.8 Å². The van der Waals surface area contributed by atoms with Crippen LogP contribution in [0.15, 0.2) is 0 Å². The molecule has 0 aromatic heterocycles. The van der Waals surface area contributed by atoms with Gasteiger partial charge in [0.15, 0.2) is 0 Å². The van der Waals surface area contributed by atoms with Gasteiger partial charge in [0.2, 0.25) is 0 Å². The van der Waals surface area contributed by atoms with Gasteiger partial charge in [-0.15, -0.1) is 0 Å². The minimum atomic E-state index is 0. The van der Waals surface area contributed by atoms with Crippen LogP contribution in [0.5, 0.6) is 0 Å². The fourth-order valence-electron chi connectivity index (χ4n) is 0. The van der Waals surface area contributed by atoms with Crippen LogP contribution in [0.4, 0.5) is 0 Å². The van der Waals surface area contributed by atoms with Crippen molar-refractivity contribution in [1.29, 1.82) is 0 Å². The Hall–Kier alpha value is 0.636. The van der Waals surface area contributed by atoms with Gasteiger partial charge in [0.05, 0.1) is 0 Å². The number of unbranched alkanes of at least 4 members (excludes halogenated alkanes) is 1. The fourth-order valence-corrected chi connectivity index (χ4v) is 0. The van der Waals surface area contributed by atoms with E-state index < -0.39 is 0 Å². The zero-order valence-corrected chi connectivity index (χ0v) is 3.12. The van der Waals surface area contributed by atoms with Gasteiger partial charge in [-0.3, -0.25) is 0 Å². The van der Waals surface area contributed by atoms with E-state index in [1.165, 1.54) is 6.42 Å². The first kappa shape index (κ1) is 9.16.